The third-order valence-corrected chi connectivity index (χ3v) is 4.16. The Labute approximate surface area is 151 Å². The van der Waals surface area contributed by atoms with Crippen molar-refractivity contribution in [3.05, 3.63) is 71.6 Å². The van der Waals surface area contributed by atoms with E-state index in [1.807, 2.05) is 23.1 Å². The number of rotatable bonds is 4. The standard InChI is InChI=1S/C20H20FN3O2/c21-17-10-7-15(8-11-17)9-12-19(25)22-23-20(26)14-24-13-3-5-16-4-1-2-6-18(16)24/h1-2,4,6-12H,3,5,13-14H2,(H,22,25)(H,23,26)/b12-9+. The van der Waals surface area contributed by atoms with Gasteiger partial charge in [0.25, 0.3) is 11.8 Å². The van der Waals surface area contributed by atoms with Crippen LogP contribution in [0.3, 0.4) is 0 Å². The highest BCUT2D eigenvalue weighted by Crippen LogP contribution is 2.26. The zero-order chi connectivity index (χ0) is 18.4. The first-order valence-corrected chi connectivity index (χ1v) is 8.47. The summed E-state index contributed by atoms with van der Waals surface area (Å²) in [6.45, 7) is 0.988. The minimum Gasteiger partial charge on any atom is -0.362 e. The Kier molecular flexibility index (Phi) is 5.63. The predicted molar refractivity (Wildman–Crippen MR) is 98.7 cm³/mol. The molecule has 0 spiro atoms. The molecule has 0 radical (unpaired) electrons. The first-order valence-electron chi connectivity index (χ1n) is 8.47. The number of nitrogens with one attached hydrogen (secondary N) is 2. The molecule has 2 N–H and O–H groups in total. The molecule has 0 atom stereocenters. The van der Waals surface area contributed by atoms with E-state index in [1.54, 1.807) is 18.2 Å². The highest BCUT2D eigenvalue weighted by atomic mass is 19.1. The Balaban J connectivity index is 1.48. The Hall–Kier alpha value is -3.15. The fourth-order valence-corrected chi connectivity index (χ4v) is 2.91. The first-order chi connectivity index (χ1) is 12.6. The van der Waals surface area contributed by atoms with Crippen LogP contribution in [0.15, 0.2) is 54.6 Å². The van der Waals surface area contributed by atoms with E-state index in [0.717, 1.165) is 25.1 Å². The number of hydrazine groups is 1. The molecule has 2 aromatic rings. The maximum atomic E-state index is 12.8. The van der Waals surface area contributed by atoms with Crippen molar-refractivity contribution < 1.29 is 14.0 Å². The summed E-state index contributed by atoms with van der Waals surface area (Å²) >= 11 is 0. The number of fused-ring (bicyclic) bond motifs is 1. The molecule has 2 amide bonds. The van der Waals surface area contributed by atoms with Crippen LogP contribution in [-0.4, -0.2) is 24.9 Å². The fraction of sp³-hybridized carbons (Fsp3) is 0.200. The second kappa shape index (κ2) is 8.29. The summed E-state index contributed by atoms with van der Waals surface area (Å²) in [5.41, 5.74) is 7.76. The number of amides is 2. The van der Waals surface area contributed by atoms with Crippen LogP contribution in [0.4, 0.5) is 10.1 Å². The molecule has 5 nitrogen and oxygen atoms in total. The molecule has 1 heterocycles. The molecular formula is C20H20FN3O2. The van der Waals surface area contributed by atoms with E-state index in [0.29, 0.717) is 5.56 Å². The van der Waals surface area contributed by atoms with Crippen molar-refractivity contribution >= 4 is 23.6 Å². The molecule has 0 bridgehead atoms. The van der Waals surface area contributed by atoms with Crippen LogP contribution < -0.4 is 15.8 Å². The fourth-order valence-electron chi connectivity index (χ4n) is 2.91. The molecule has 1 aliphatic heterocycles. The summed E-state index contributed by atoms with van der Waals surface area (Å²) in [7, 11) is 0. The molecule has 0 saturated carbocycles. The van der Waals surface area contributed by atoms with Gasteiger partial charge in [-0.1, -0.05) is 30.3 Å². The van der Waals surface area contributed by atoms with Gasteiger partial charge in [0.15, 0.2) is 0 Å². The molecule has 1 aliphatic rings. The molecule has 6 heteroatoms. The lowest BCUT2D eigenvalue weighted by Gasteiger charge is -2.30. The molecular weight excluding hydrogens is 333 g/mol. The zero-order valence-corrected chi connectivity index (χ0v) is 14.2. The largest absolute Gasteiger partial charge is 0.362 e. The molecule has 0 aliphatic carbocycles. The van der Waals surface area contributed by atoms with Gasteiger partial charge in [0.05, 0.1) is 6.54 Å². The maximum Gasteiger partial charge on any atom is 0.262 e. The smallest absolute Gasteiger partial charge is 0.262 e. The topological polar surface area (TPSA) is 61.4 Å². The summed E-state index contributed by atoms with van der Waals surface area (Å²) in [6, 6.07) is 13.8. The average Bonchev–Trinajstić information content (AvgIpc) is 2.66. The normalized spacial score (nSPS) is 13.3. The maximum absolute atomic E-state index is 12.8. The van der Waals surface area contributed by atoms with Gasteiger partial charge in [0.2, 0.25) is 0 Å². The minimum atomic E-state index is -0.457. The minimum absolute atomic E-state index is 0.180. The summed E-state index contributed by atoms with van der Waals surface area (Å²) in [6.07, 6.45) is 4.84. The molecule has 134 valence electrons. The number of benzene rings is 2. The molecule has 2 aromatic carbocycles. The van der Waals surface area contributed by atoms with Crippen LogP contribution in [0.5, 0.6) is 0 Å². The lowest BCUT2D eigenvalue weighted by molar-refractivity contribution is -0.125. The summed E-state index contributed by atoms with van der Waals surface area (Å²) in [4.78, 5) is 25.9. The number of carbonyl (C=O) groups excluding carboxylic acids is 2. The third kappa shape index (κ3) is 4.69. The molecule has 0 unspecified atom stereocenters. The predicted octanol–water partition coefficient (Wildman–Crippen LogP) is 2.44. The van der Waals surface area contributed by atoms with Crippen molar-refractivity contribution in [1.29, 1.82) is 0 Å². The van der Waals surface area contributed by atoms with Crippen LogP contribution in [0.1, 0.15) is 17.5 Å². The molecule has 0 aromatic heterocycles. The number of nitrogens with zero attached hydrogens (tertiary/aromatic N) is 1. The van der Waals surface area contributed by atoms with Gasteiger partial charge in [0.1, 0.15) is 5.82 Å². The van der Waals surface area contributed by atoms with Crippen molar-refractivity contribution in [3.63, 3.8) is 0 Å². The van der Waals surface area contributed by atoms with E-state index >= 15 is 0 Å². The van der Waals surface area contributed by atoms with E-state index in [1.165, 1.54) is 23.8 Å². The highest BCUT2D eigenvalue weighted by molar-refractivity contribution is 5.93. The first kappa shape index (κ1) is 17.7. The number of hydrogen-bond donors (Lipinski definition) is 2. The molecule has 0 fully saturated rings. The van der Waals surface area contributed by atoms with Gasteiger partial charge < -0.3 is 4.90 Å². The summed E-state index contributed by atoms with van der Waals surface area (Å²) in [5, 5.41) is 0. The van der Waals surface area contributed by atoms with Crippen molar-refractivity contribution in [2.24, 2.45) is 0 Å². The van der Waals surface area contributed by atoms with Crippen molar-refractivity contribution in [1.82, 2.24) is 10.9 Å². The Morgan fingerprint density at radius 2 is 1.85 bits per heavy atom. The van der Waals surface area contributed by atoms with E-state index < -0.39 is 5.91 Å². The number of anilines is 1. The van der Waals surface area contributed by atoms with Gasteiger partial charge in [-0.15, -0.1) is 0 Å². The van der Waals surface area contributed by atoms with Crippen LogP contribution in [0, 0.1) is 5.82 Å². The number of para-hydroxylation sites is 1. The SMILES string of the molecule is O=C(/C=C/c1ccc(F)cc1)NNC(=O)CN1CCCc2ccccc21. The van der Waals surface area contributed by atoms with E-state index in [2.05, 4.69) is 16.9 Å². The monoisotopic (exact) mass is 353 g/mol. The number of halogens is 1. The van der Waals surface area contributed by atoms with Crippen molar-refractivity contribution in [2.75, 3.05) is 18.0 Å². The third-order valence-electron chi connectivity index (χ3n) is 4.16. The van der Waals surface area contributed by atoms with Crippen LogP contribution >= 0.6 is 0 Å². The highest BCUT2D eigenvalue weighted by Gasteiger charge is 2.18. The Morgan fingerprint density at radius 3 is 2.65 bits per heavy atom. The second-order valence-electron chi connectivity index (χ2n) is 6.08. The van der Waals surface area contributed by atoms with Gasteiger partial charge >= 0.3 is 0 Å². The van der Waals surface area contributed by atoms with E-state index in [9.17, 15) is 14.0 Å². The van der Waals surface area contributed by atoms with E-state index in [-0.39, 0.29) is 18.3 Å². The molecule has 26 heavy (non-hydrogen) atoms. The lowest BCUT2D eigenvalue weighted by Crippen LogP contribution is -2.47. The Morgan fingerprint density at radius 1 is 1.08 bits per heavy atom. The lowest BCUT2D eigenvalue weighted by atomic mass is 10.0. The van der Waals surface area contributed by atoms with Gasteiger partial charge in [-0.2, -0.15) is 0 Å². The van der Waals surface area contributed by atoms with Gasteiger partial charge in [-0.05, 0) is 48.2 Å². The van der Waals surface area contributed by atoms with Gasteiger partial charge in [0, 0.05) is 18.3 Å². The zero-order valence-electron chi connectivity index (χ0n) is 14.2. The van der Waals surface area contributed by atoms with Crippen molar-refractivity contribution in [3.8, 4) is 0 Å². The van der Waals surface area contributed by atoms with Crippen molar-refractivity contribution in [2.45, 2.75) is 12.8 Å². The average molecular weight is 353 g/mol. The quantitative estimate of drug-likeness (QED) is 0.656. The molecule has 0 saturated heterocycles. The van der Waals surface area contributed by atoms with Crippen LogP contribution in [0.2, 0.25) is 0 Å². The summed E-state index contributed by atoms with van der Waals surface area (Å²) < 4.78 is 12.8. The van der Waals surface area contributed by atoms with Gasteiger partial charge in [-0.3, -0.25) is 20.4 Å². The Bertz CT molecular complexity index is 818. The molecule has 3 rings (SSSR count). The van der Waals surface area contributed by atoms with Crippen LogP contribution in [-0.2, 0) is 16.0 Å². The van der Waals surface area contributed by atoms with Crippen LogP contribution in [0.25, 0.3) is 6.08 Å². The number of aryl methyl sites for hydroxylation is 1. The second-order valence-corrected chi connectivity index (χ2v) is 6.08. The number of carbonyl (C=O) groups is 2. The number of hydrogen-bond acceptors (Lipinski definition) is 3. The van der Waals surface area contributed by atoms with Gasteiger partial charge in [-0.25, -0.2) is 4.39 Å². The summed E-state index contributed by atoms with van der Waals surface area (Å²) in [5.74, 6) is -1.08. The van der Waals surface area contributed by atoms with E-state index in [4.69, 9.17) is 0 Å².